The number of oxime groups is 1. The van der Waals surface area contributed by atoms with Gasteiger partial charge in [-0.15, -0.1) is 0 Å². The van der Waals surface area contributed by atoms with Crippen molar-refractivity contribution in [3.05, 3.63) is 36.0 Å². The summed E-state index contributed by atoms with van der Waals surface area (Å²) < 4.78 is 38.0. The van der Waals surface area contributed by atoms with Gasteiger partial charge in [0.15, 0.2) is 5.84 Å². The zero-order chi connectivity index (χ0) is 14.8. The van der Waals surface area contributed by atoms with E-state index in [1.807, 2.05) is 6.07 Å². The summed E-state index contributed by atoms with van der Waals surface area (Å²) in [6.45, 7) is 0.229. The lowest BCUT2D eigenvalue weighted by molar-refractivity contribution is -0.0328. The second-order valence-electron chi connectivity index (χ2n) is 4.06. The smallest absolute Gasteiger partial charge is 0.409 e. The molecule has 0 aliphatic carbocycles. The summed E-state index contributed by atoms with van der Waals surface area (Å²) in [5.74, 6) is -0.106. The minimum Gasteiger partial charge on any atom is -0.409 e. The number of fused-ring (bicyclic) bond motifs is 1. The number of alkyl halides is 3. The molecule has 8 heteroatoms. The average molecular weight is 303 g/mol. The van der Waals surface area contributed by atoms with Crippen LogP contribution < -0.4 is 5.73 Å². The van der Waals surface area contributed by atoms with Gasteiger partial charge < -0.3 is 15.5 Å². The highest BCUT2D eigenvalue weighted by atomic mass is 32.2. The lowest BCUT2D eigenvalue weighted by atomic mass is 10.1. The molecule has 1 heterocycles. The molecule has 0 bridgehead atoms. The van der Waals surface area contributed by atoms with Crippen LogP contribution in [0.5, 0.6) is 0 Å². The Balaban J connectivity index is 2.21. The molecule has 1 aromatic heterocycles. The van der Waals surface area contributed by atoms with Crippen molar-refractivity contribution >= 4 is 28.5 Å². The van der Waals surface area contributed by atoms with Crippen molar-refractivity contribution in [3.63, 3.8) is 0 Å². The van der Waals surface area contributed by atoms with Crippen molar-refractivity contribution < 1.29 is 18.4 Å². The minimum atomic E-state index is -4.22. The molecule has 0 aliphatic heterocycles. The first-order chi connectivity index (χ1) is 9.40. The van der Waals surface area contributed by atoms with Gasteiger partial charge in [-0.1, -0.05) is 17.3 Å². The molecular weight excluding hydrogens is 291 g/mol. The number of hydrogen-bond donors (Lipinski definition) is 2. The number of rotatable bonds is 4. The van der Waals surface area contributed by atoms with E-state index in [0.29, 0.717) is 5.56 Å². The van der Waals surface area contributed by atoms with Crippen LogP contribution in [-0.4, -0.2) is 26.9 Å². The van der Waals surface area contributed by atoms with Gasteiger partial charge in [0, 0.05) is 29.6 Å². The van der Waals surface area contributed by atoms with E-state index in [1.165, 1.54) is 0 Å². The highest BCUT2D eigenvalue weighted by molar-refractivity contribution is 8.00. The van der Waals surface area contributed by atoms with Crippen LogP contribution in [0.4, 0.5) is 13.2 Å². The third-order valence-electron chi connectivity index (χ3n) is 2.78. The molecule has 108 valence electrons. The van der Waals surface area contributed by atoms with Gasteiger partial charge in [0.1, 0.15) is 0 Å². The number of hydrogen-bond acceptors (Lipinski definition) is 3. The monoisotopic (exact) mass is 303 g/mol. The van der Waals surface area contributed by atoms with Crippen LogP contribution in [0.3, 0.4) is 0 Å². The maximum absolute atomic E-state index is 12.1. The Morgan fingerprint density at radius 1 is 1.35 bits per heavy atom. The van der Waals surface area contributed by atoms with Gasteiger partial charge in [0.05, 0.1) is 0 Å². The number of nitrogens with two attached hydrogens (primary N) is 1. The summed E-state index contributed by atoms with van der Waals surface area (Å²) in [5, 5.41) is 12.4. The number of benzene rings is 1. The third kappa shape index (κ3) is 3.38. The van der Waals surface area contributed by atoms with Crippen molar-refractivity contribution in [2.75, 3.05) is 5.75 Å². The quantitative estimate of drug-likeness (QED) is 0.395. The molecule has 0 spiro atoms. The van der Waals surface area contributed by atoms with Crippen LogP contribution in [0.2, 0.25) is 0 Å². The van der Waals surface area contributed by atoms with Gasteiger partial charge in [0.25, 0.3) is 0 Å². The van der Waals surface area contributed by atoms with Crippen molar-refractivity contribution in [1.29, 1.82) is 0 Å². The number of aryl methyl sites for hydroxylation is 1. The summed E-state index contributed by atoms with van der Waals surface area (Å²) in [4.78, 5) is 0. The summed E-state index contributed by atoms with van der Waals surface area (Å²) in [5.41, 5.74) is 2.54. The first kappa shape index (κ1) is 14.6. The van der Waals surface area contributed by atoms with Gasteiger partial charge in [-0.2, -0.15) is 13.2 Å². The van der Waals surface area contributed by atoms with Crippen molar-refractivity contribution in [1.82, 2.24) is 4.57 Å². The molecule has 2 rings (SSSR count). The summed E-state index contributed by atoms with van der Waals surface area (Å²) >= 11 is -0.0539. The average Bonchev–Trinajstić information content (AvgIpc) is 2.79. The second-order valence-corrected chi connectivity index (χ2v) is 5.22. The van der Waals surface area contributed by atoms with Crippen molar-refractivity contribution in [3.8, 4) is 0 Å². The Labute approximate surface area is 117 Å². The Bertz CT molecular complexity index is 636. The number of amidine groups is 1. The molecule has 2 aromatic rings. The molecular formula is C12H12F3N3OS. The molecule has 1 aromatic carbocycles. The Hall–Kier alpha value is -1.83. The number of halogens is 3. The van der Waals surface area contributed by atoms with E-state index < -0.39 is 5.51 Å². The lowest BCUT2D eigenvalue weighted by Gasteiger charge is -2.08. The van der Waals surface area contributed by atoms with E-state index in [1.54, 1.807) is 29.0 Å². The zero-order valence-electron chi connectivity index (χ0n) is 10.3. The predicted octanol–water partition coefficient (Wildman–Crippen LogP) is 2.99. The maximum atomic E-state index is 12.1. The molecule has 0 radical (unpaired) electrons. The molecule has 4 nitrogen and oxygen atoms in total. The zero-order valence-corrected chi connectivity index (χ0v) is 11.1. The summed E-state index contributed by atoms with van der Waals surface area (Å²) in [7, 11) is 0. The fourth-order valence-electron chi connectivity index (χ4n) is 1.86. The lowest BCUT2D eigenvalue weighted by Crippen LogP contribution is -2.13. The van der Waals surface area contributed by atoms with Gasteiger partial charge in [-0.3, -0.25) is 0 Å². The van der Waals surface area contributed by atoms with E-state index in [2.05, 4.69) is 5.16 Å². The van der Waals surface area contributed by atoms with Crippen LogP contribution in [0.1, 0.15) is 5.56 Å². The highest BCUT2D eigenvalue weighted by Gasteiger charge is 2.27. The highest BCUT2D eigenvalue weighted by Crippen LogP contribution is 2.30. The van der Waals surface area contributed by atoms with E-state index >= 15 is 0 Å². The SMILES string of the molecule is N/C(=N/O)c1ccc2ccn(CCSC(F)(F)F)c2c1. The van der Waals surface area contributed by atoms with E-state index in [0.717, 1.165) is 10.9 Å². The summed E-state index contributed by atoms with van der Waals surface area (Å²) in [6.07, 6.45) is 1.72. The largest absolute Gasteiger partial charge is 0.441 e. The van der Waals surface area contributed by atoms with Crippen LogP contribution in [0.25, 0.3) is 10.9 Å². The Morgan fingerprint density at radius 2 is 2.10 bits per heavy atom. The molecule has 3 N–H and O–H groups in total. The van der Waals surface area contributed by atoms with Crippen molar-refractivity contribution in [2.24, 2.45) is 10.9 Å². The van der Waals surface area contributed by atoms with E-state index in [9.17, 15) is 13.2 Å². The molecule has 0 unspecified atom stereocenters. The van der Waals surface area contributed by atoms with Crippen LogP contribution in [-0.2, 0) is 6.54 Å². The number of aromatic nitrogens is 1. The normalized spacial score (nSPS) is 13.1. The number of thioether (sulfide) groups is 1. The topological polar surface area (TPSA) is 63.5 Å². The Kier molecular flexibility index (Phi) is 4.12. The molecule has 0 amide bonds. The molecule has 0 saturated carbocycles. The van der Waals surface area contributed by atoms with Crippen molar-refractivity contribution in [2.45, 2.75) is 12.1 Å². The van der Waals surface area contributed by atoms with Crippen LogP contribution in [0, 0.1) is 0 Å². The fraction of sp³-hybridized carbons (Fsp3) is 0.250. The Morgan fingerprint density at radius 3 is 2.75 bits per heavy atom. The minimum absolute atomic E-state index is 0.0377. The predicted molar refractivity (Wildman–Crippen MR) is 73.0 cm³/mol. The third-order valence-corrected chi connectivity index (χ3v) is 3.49. The molecule has 0 fully saturated rings. The molecule has 20 heavy (non-hydrogen) atoms. The first-order valence-corrected chi connectivity index (χ1v) is 6.67. The summed E-state index contributed by atoms with van der Waals surface area (Å²) in [6, 6.07) is 6.95. The van der Waals surface area contributed by atoms with Gasteiger partial charge in [-0.05, 0) is 29.3 Å². The van der Waals surface area contributed by atoms with Gasteiger partial charge in [0.2, 0.25) is 0 Å². The van der Waals surface area contributed by atoms with E-state index in [4.69, 9.17) is 10.9 Å². The van der Waals surface area contributed by atoms with E-state index in [-0.39, 0.29) is 29.9 Å². The van der Waals surface area contributed by atoms with Gasteiger partial charge >= 0.3 is 5.51 Å². The second kappa shape index (κ2) is 5.66. The molecule has 0 aliphatic rings. The number of nitrogens with zero attached hydrogens (tertiary/aromatic N) is 2. The molecule has 0 atom stereocenters. The maximum Gasteiger partial charge on any atom is 0.441 e. The first-order valence-electron chi connectivity index (χ1n) is 5.68. The van der Waals surface area contributed by atoms with Gasteiger partial charge in [-0.25, -0.2) is 0 Å². The standard InChI is InChI=1S/C12H12F3N3OS/c13-12(14,15)20-6-5-18-4-3-8-1-2-9(7-10(8)18)11(16)17-19/h1-4,7,19H,5-6H2,(H2,16,17). The van der Waals surface area contributed by atoms with Crippen LogP contribution >= 0.6 is 11.8 Å². The molecule has 0 saturated heterocycles. The van der Waals surface area contributed by atoms with Crippen LogP contribution in [0.15, 0.2) is 35.6 Å². The fourth-order valence-corrected chi connectivity index (χ4v) is 2.38.